The van der Waals surface area contributed by atoms with Crippen molar-refractivity contribution in [1.82, 2.24) is 29.1 Å². The number of fused-ring (bicyclic) bond motifs is 2. The summed E-state index contributed by atoms with van der Waals surface area (Å²) in [6, 6.07) is 4.03. The Kier molecular flexibility index (Phi) is 5.77. The van der Waals surface area contributed by atoms with Crippen LogP contribution in [-0.4, -0.2) is 34.8 Å². The van der Waals surface area contributed by atoms with Crippen molar-refractivity contribution in [1.29, 1.82) is 0 Å². The van der Waals surface area contributed by atoms with Crippen molar-refractivity contribution in [3.63, 3.8) is 0 Å². The average Bonchev–Trinajstić information content (AvgIpc) is 3.53. The highest BCUT2D eigenvalue weighted by atomic mass is 32.2. The molecule has 0 aromatic carbocycles. The summed E-state index contributed by atoms with van der Waals surface area (Å²) in [6.45, 7) is 4.97. The zero-order chi connectivity index (χ0) is 22.1. The van der Waals surface area contributed by atoms with E-state index < -0.39 is 0 Å². The number of aryl methyl sites for hydroxylation is 1. The SMILES string of the molecule is C=CCn1c(SCCCn2cnc3c(N)ncnc32)nc2scc(-c3cccs3)c2c1=O. The maximum Gasteiger partial charge on any atom is 0.263 e. The van der Waals surface area contributed by atoms with Gasteiger partial charge < -0.3 is 10.3 Å². The van der Waals surface area contributed by atoms with E-state index in [-0.39, 0.29) is 5.56 Å². The lowest BCUT2D eigenvalue weighted by Gasteiger charge is -2.11. The highest BCUT2D eigenvalue weighted by Gasteiger charge is 2.17. The fourth-order valence-corrected chi connectivity index (χ4v) is 6.21. The summed E-state index contributed by atoms with van der Waals surface area (Å²) in [7, 11) is 0. The molecule has 0 radical (unpaired) electrons. The van der Waals surface area contributed by atoms with Gasteiger partial charge in [0.2, 0.25) is 0 Å². The topological polar surface area (TPSA) is 105 Å². The molecule has 0 aliphatic rings. The molecule has 0 saturated carbocycles. The Morgan fingerprint density at radius 2 is 2.16 bits per heavy atom. The lowest BCUT2D eigenvalue weighted by atomic mass is 10.2. The number of allylic oxidation sites excluding steroid dienone is 1. The Morgan fingerprint density at radius 3 is 2.97 bits per heavy atom. The van der Waals surface area contributed by atoms with Crippen LogP contribution >= 0.6 is 34.4 Å². The molecule has 0 spiro atoms. The summed E-state index contributed by atoms with van der Waals surface area (Å²) in [5.41, 5.74) is 8.14. The Hall–Kier alpha value is -3.02. The van der Waals surface area contributed by atoms with Crippen LogP contribution in [0.1, 0.15) is 6.42 Å². The van der Waals surface area contributed by atoms with E-state index in [0.29, 0.717) is 28.4 Å². The van der Waals surface area contributed by atoms with Crippen molar-refractivity contribution in [2.24, 2.45) is 0 Å². The van der Waals surface area contributed by atoms with Gasteiger partial charge in [0.05, 0.1) is 11.7 Å². The fraction of sp³-hybridized carbons (Fsp3) is 0.190. The van der Waals surface area contributed by atoms with Gasteiger partial charge in [0, 0.05) is 34.7 Å². The Morgan fingerprint density at radius 1 is 1.25 bits per heavy atom. The van der Waals surface area contributed by atoms with Crippen molar-refractivity contribution in [2.75, 3.05) is 11.5 Å². The standard InChI is InChI=1S/C21H19N7OS3/c1-2-6-28-20(29)15-13(14-5-3-8-30-14)10-32-19(15)26-21(28)31-9-4-7-27-12-25-16-17(22)23-11-24-18(16)27/h2-3,5,8,10-12H,1,4,6-7,9H2,(H2,22,23,24). The molecule has 0 fully saturated rings. The minimum Gasteiger partial charge on any atom is -0.382 e. The normalized spacial score (nSPS) is 11.5. The quantitative estimate of drug-likeness (QED) is 0.153. The molecule has 0 atom stereocenters. The van der Waals surface area contributed by atoms with Crippen LogP contribution in [0.4, 0.5) is 5.82 Å². The summed E-state index contributed by atoms with van der Waals surface area (Å²) >= 11 is 4.71. The van der Waals surface area contributed by atoms with Crippen LogP contribution in [0.2, 0.25) is 0 Å². The molecule has 5 rings (SSSR count). The van der Waals surface area contributed by atoms with Gasteiger partial charge in [-0.05, 0) is 17.9 Å². The summed E-state index contributed by atoms with van der Waals surface area (Å²) in [6.07, 6.45) is 5.77. The number of anilines is 1. The van der Waals surface area contributed by atoms with E-state index >= 15 is 0 Å². The third-order valence-corrected chi connectivity index (χ3v) is 7.80. The van der Waals surface area contributed by atoms with Gasteiger partial charge in [-0.2, -0.15) is 0 Å². The van der Waals surface area contributed by atoms with Crippen molar-refractivity contribution >= 4 is 61.6 Å². The van der Waals surface area contributed by atoms with Crippen LogP contribution in [-0.2, 0) is 13.1 Å². The lowest BCUT2D eigenvalue weighted by molar-refractivity contribution is 0.667. The number of nitrogens with zero attached hydrogens (tertiary/aromatic N) is 6. The predicted molar refractivity (Wildman–Crippen MR) is 132 cm³/mol. The molecule has 5 aromatic heterocycles. The van der Waals surface area contributed by atoms with Gasteiger partial charge in [-0.1, -0.05) is 23.9 Å². The van der Waals surface area contributed by atoms with Gasteiger partial charge in [-0.25, -0.2) is 19.9 Å². The number of hydrogen-bond acceptors (Lipinski definition) is 9. The summed E-state index contributed by atoms with van der Waals surface area (Å²) in [4.78, 5) is 32.6. The second-order valence-corrected chi connectivity index (χ2v) is 9.84. The molecule has 0 saturated heterocycles. The van der Waals surface area contributed by atoms with E-state index in [1.54, 1.807) is 40.1 Å². The summed E-state index contributed by atoms with van der Waals surface area (Å²) < 4.78 is 3.68. The van der Waals surface area contributed by atoms with Crippen LogP contribution in [0, 0.1) is 0 Å². The monoisotopic (exact) mass is 481 g/mol. The molecular formula is C21H19N7OS3. The third kappa shape index (κ3) is 3.72. The minimum atomic E-state index is -0.0187. The van der Waals surface area contributed by atoms with Crippen LogP contribution in [0.3, 0.4) is 0 Å². The molecular weight excluding hydrogens is 462 g/mol. The Balaban J connectivity index is 1.37. The first kappa shape index (κ1) is 20.9. The number of nitrogen functional groups attached to an aromatic ring is 1. The molecule has 0 bridgehead atoms. The molecule has 0 amide bonds. The number of rotatable bonds is 8. The number of thioether (sulfide) groups is 1. The molecule has 2 N–H and O–H groups in total. The highest BCUT2D eigenvalue weighted by molar-refractivity contribution is 7.99. The zero-order valence-electron chi connectivity index (χ0n) is 17.0. The van der Waals surface area contributed by atoms with Crippen LogP contribution in [0.25, 0.3) is 31.8 Å². The largest absolute Gasteiger partial charge is 0.382 e. The van der Waals surface area contributed by atoms with Gasteiger partial charge in [0.1, 0.15) is 16.7 Å². The van der Waals surface area contributed by atoms with Gasteiger partial charge in [-0.15, -0.1) is 29.3 Å². The summed E-state index contributed by atoms with van der Waals surface area (Å²) in [5.74, 6) is 1.17. The fourth-order valence-electron chi connectivity index (χ4n) is 3.48. The van der Waals surface area contributed by atoms with E-state index in [1.807, 2.05) is 27.5 Å². The van der Waals surface area contributed by atoms with Gasteiger partial charge in [-0.3, -0.25) is 9.36 Å². The third-order valence-electron chi connectivity index (χ3n) is 4.96. The highest BCUT2D eigenvalue weighted by Crippen LogP contribution is 2.34. The molecule has 0 aliphatic carbocycles. The zero-order valence-corrected chi connectivity index (χ0v) is 19.4. The van der Waals surface area contributed by atoms with Crippen LogP contribution in [0.15, 0.2) is 58.2 Å². The first-order valence-corrected chi connectivity index (χ1v) is 12.6. The number of thiophene rings is 2. The smallest absolute Gasteiger partial charge is 0.263 e. The van der Waals surface area contributed by atoms with Crippen LogP contribution in [0.5, 0.6) is 0 Å². The molecule has 5 heterocycles. The molecule has 5 aromatic rings. The van der Waals surface area contributed by atoms with Crippen molar-refractivity contribution in [3.8, 4) is 10.4 Å². The summed E-state index contributed by atoms with van der Waals surface area (Å²) in [5, 5.41) is 5.44. The van der Waals surface area contributed by atoms with E-state index in [4.69, 9.17) is 10.7 Å². The second kappa shape index (κ2) is 8.85. The van der Waals surface area contributed by atoms with Crippen molar-refractivity contribution in [2.45, 2.75) is 24.7 Å². The number of imidazole rings is 1. The van der Waals surface area contributed by atoms with Gasteiger partial charge >= 0.3 is 0 Å². The van der Waals surface area contributed by atoms with Gasteiger partial charge in [0.25, 0.3) is 5.56 Å². The lowest BCUT2D eigenvalue weighted by Crippen LogP contribution is -2.22. The van der Waals surface area contributed by atoms with Crippen molar-refractivity contribution < 1.29 is 0 Å². The minimum absolute atomic E-state index is 0.0187. The molecule has 11 heteroatoms. The molecule has 32 heavy (non-hydrogen) atoms. The second-order valence-electron chi connectivity index (χ2n) is 6.98. The molecule has 8 nitrogen and oxygen atoms in total. The van der Waals surface area contributed by atoms with E-state index in [0.717, 1.165) is 39.6 Å². The van der Waals surface area contributed by atoms with E-state index in [1.165, 1.54) is 17.7 Å². The molecule has 0 unspecified atom stereocenters. The number of hydrogen-bond donors (Lipinski definition) is 1. The Bertz CT molecular complexity index is 1470. The van der Waals surface area contributed by atoms with E-state index in [2.05, 4.69) is 21.5 Å². The van der Waals surface area contributed by atoms with Gasteiger partial charge in [0.15, 0.2) is 16.6 Å². The van der Waals surface area contributed by atoms with Crippen LogP contribution < -0.4 is 11.3 Å². The van der Waals surface area contributed by atoms with Crippen molar-refractivity contribution in [3.05, 3.63) is 58.6 Å². The Labute approximate surface area is 195 Å². The first-order chi connectivity index (χ1) is 15.7. The first-order valence-electron chi connectivity index (χ1n) is 9.88. The molecule has 162 valence electrons. The number of aromatic nitrogens is 6. The average molecular weight is 482 g/mol. The maximum absolute atomic E-state index is 13.3. The van der Waals surface area contributed by atoms with E-state index in [9.17, 15) is 4.79 Å². The number of nitrogens with two attached hydrogens (primary N) is 1. The molecule has 0 aliphatic heterocycles. The predicted octanol–water partition coefficient (Wildman–Crippen LogP) is 4.28. The maximum atomic E-state index is 13.3.